The number of anilines is 2. The van der Waals surface area contributed by atoms with Gasteiger partial charge in [0.2, 0.25) is 0 Å². The van der Waals surface area contributed by atoms with Gasteiger partial charge in [-0.15, -0.1) is 0 Å². The Kier molecular flexibility index (Phi) is 9.61. The van der Waals surface area contributed by atoms with Crippen molar-refractivity contribution in [3.63, 3.8) is 0 Å². The van der Waals surface area contributed by atoms with Crippen LogP contribution in [0.25, 0.3) is 11.1 Å². The van der Waals surface area contributed by atoms with E-state index in [1.165, 1.54) is 0 Å². The molecule has 2 aliphatic heterocycles. The summed E-state index contributed by atoms with van der Waals surface area (Å²) in [5.74, 6) is -0.710. The van der Waals surface area contributed by atoms with E-state index in [0.717, 1.165) is 107 Å². The highest BCUT2D eigenvalue weighted by Gasteiger charge is 2.57. The number of halogens is 2. The molecule has 2 fully saturated rings. The van der Waals surface area contributed by atoms with Crippen LogP contribution in [0.2, 0.25) is 10.0 Å². The van der Waals surface area contributed by atoms with Gasteiger partial charge in [-0.25, -0.2) is 9.97 Å². The molecule has 2 aromatic carbocycles. The number of nitrogens with one attached hydrogen (secondary N) is 2. The molecule has 12 nitrogen and oxygen atoms in total. The summed E-state index contributed by atoms with van der Waals surface area (Å²) >= 11 is 13.9. The number of carbonyl (C=O) groups excluding carboxylic acids is 2. The molecule has 0 saturated heterocycles. The fourth-order valence-electron chi connectivity index (χ4n) is 9.41. The Balaban J connectivity index is 0.946. The number of amides is 2. The molecule has 2 aromatic heterocycles. The maximum atomic E-state index is 13.7. The SMILES string of the molecule is CCN1CCc2c(nc(C(=O)Nc3cccc(-c4cccc(NC(=O)c5nc6c(n5C)CCN(CCC57CCC(C(=O)O)(CC5)C7)C6)c4Cl)c3Cl)n2C)C1. The van der Waals surface area contributed by atoms with Crippen molar-refractivity contribution in [3.05, 3.63) is 80.9 Å². The minimum Gasteiger partial charge on any atom is -0.481 e. The van der Waals surface area contributed by atoms with Crippen LogP contribution in [0.4, 0.5) is 11.4 Å². The number of hydrogen-bond acceptors (Lipinski definition) is 7. The zero-order chi connectivity index (χ0) is 37.9. The number of hydrogen-bond donors (Lipinski definition) is 3. The quantitative estimate of drug-likeness (QED) is 0.160. The first kappa shape index (κ1) is 36.7. The zero-order valence-electron chi connectivity index (χ0n) is 31.0. The van der Waals surface area contributed by atoms with E-state index in [2.05, 4.69) is 32.3 Å². The lowest BCUT2D eigenvalue weighted by Gasteiger charge is -2.32. The summed E-state index contributed by atoms with van der Waals surface area (Å²) in [6.07, 6.45) is 6.99. The summed E-state index contributed by atoms with van der Waals surface area (Å²) in [4.78, 5) is 53.3. The number of aliphatic carboxylic acids is 1. The smallest absolute Gasteiger partial charge is 0.309 e. The van der Waals surface area contributed by atoms with Crippen LogP contribution in [-0.2, 0) is 44.8 Å². The number of aromatic nitrogens is 4. The average molecular weight is 774 g/mol. The number of nitrogens with zero attached hydrogens (tertiary/aromatic N) is 6. The van der Waals surface area contributed by atoms with Crippen LogP contribution in [0.1, 0.15) is 89.5 Å². The van der Waals surface area contributed by atoms with Gasteiger partial charge in [0.15, 0.2) is 11.6 Å². The second kappa shape index (κ2) is 14.1. The molecule has 0 radical (unpaired) electrons. The predicted molar refractivity (Wildman–Crippen MR) is 208 cm³/mol. The first-order valence-electron chi connectivity index (χ1n) is 18.9. The minimum absolute atomic E-state index is 0.136. The van der Waals surface area contributed by atoms with Crippen LogP contribution in [0.3, 0.4) is 0 Å². The maximum absolute atomic E-state index is 13.7. The number of carbonyl (C=O) groups is 3. The Labute approximate surface area is 324 Å². The van der Waals surface area contributed by atoms with E-state index in [0.29, 0.717) is 50.7 Å². The molecule has 4 aromatic rings. The molecule has 0 unspecified atom stereocenters. The molecule has 4 aliphatic rings. The highest BCUT2D eigenvalue weighted by molar-refractivity contribution is 6.40. The summed E-state index contributed by atoms with van der Waals surface area (Å²) in [5.41, 5.74) is 5.60. The molecule has 0 spiro atoms. The van der Waals surface area contributed by atoms with Crippen molar-refractivity contribution in [1.29, 1.82) is 0 Å². The first-order chi connectivity index (χ1) is 25.9. The van der Waals surface area contributed by atoms with Gasteiger partial charge in [0.05, 0.1) is 38.2 Å². The Morgan fingerprint density at radius 3 is 1.76 bits per heavy atom. The molecular formula is C40H46Cl2N8O4. The number of rotatable bonds is 10. The van der Waals surface area contributed by atoms with Gasteiger partial charge in [-0.3, -0.25) is 24.2 Å². The van der Waals surface area contributed by atoms with E-state index >= 15 is 0 Å². The number of carboxylic acid groups (broad SMARTS) is 1. The fourth-order valence-corrected chi connectivity index (χ4v) is 9.96. The molecule has 4 heterocycles. The van der Waals surface area contributed by atoms with Crippen molar-refractivity contribution < 1.29 is 19.5 Å². The number of fused-ring (bicyclic) bond motifs is 4. The number of likely N-dealkylation sites (N-methyl/N-ethyl adjacent to an activating group) is 1. The van der Waals surface area contributed by atoms with Crippen LogP contribution in [0.15, 0.2) is 36.4 Å². The second-order valence-electron chi connectivity index (χ2n) is 15.7. The highest BCUT2D eigenvalue weighted by atomic mass is 35.5. The van der Waals surface area contributed by atoms with E-state index < -0.39 is 11.4 Å². The third-order valence-electron chi connectivity index (χ3n) is 12.7. The third kappa shape index (κ3) is 6.40. The molecule has 3 N–H and O–H groups in total. The summed E-state index contributed by atoms with van der Waals surface area (Å²) in [6.45, 7) is 7.11. The number of imidazole rings is 2. The molecule has 0 atom stereocenters. The fraction of sp³-hybridized carbons (Fsp3) is 0.475. The topological polar surface area (TPSA) is 138 Å². The number of benzene rings is 2. The van der Waals surface area contributed by atoms with E-state index in [1.807, 2.05) is 35.4 Å². The Morgan fingerprint density at radius 1 is 0.778 bits per heavy atom. The van der Waals surface area contributed by atoms with Crippen molar-refractivity contribution >= 4 is 52.4 Å². The number of carboxylic acids is 1. The normalized spacial score (nSPS) is 22.2. The van der Waals surface area contributed by atoms with Gasteiger partial charge < -0.3 is 24.9 Å². The molecule has 54 heavy (non-hydrogen) atoms. The van der Waals surface area contributed by atoms with E-state index in [4.69, 9.17) is 28.2 Å². The lowest BCUT2D eigenvalue weighted by Crippen LogP contribution is -2.34. The average Bonchev–Trinajstić information content (AvgIpc) is 3.92. The predicted octanol–water partition coefficient (Wildman–Crippen LogP) is 6.79. The molecule has 2 saturated carbocycles. The molecule has 8 rings (SSSR count). The van der Waals surface area contributed by atoms with E-state index in [9.17, 15) is 19.5 Å². The van der Waals surface area contributed by atoms with E-state index in [-0.39, 0.29) is 17.2 Å². The van der Waals surface area contributed by atoms with Crippen LogP contribution >= 0.6 is 23.2 Å². The van der Waals surface area contributed by atoms with Gasteiger partial charge in [0, 0.05) is 75.6 Å². The Bertz CT molecular complexity index is 2170. The lowest BCUT2D eigenvalue weighted by molar-refractivity contribution is -0.148. The monoisotopic (exact) mass is 772 g/mol. The standard InChI is InChI=1S/C40H46Cl2N8O4/c1-4-49-18-11-30-28(21-49)43-34(47(30)2)36(51)45-26-9-5-7-24(32(26)41)25-8-6-10-27(33(25)42)46-37(52)35-44-29-22-50(19-12-31(29)48(35)3)20-17-39-13-15-40(23-39,16-14-39)38(53)54/h5-10H,4,11-23H2,1-3H3,(H,45,51)(H,46,52)(H,53,54). The molecule has 2 aliphatic carbocycles. The molecule has 2 amide bonds. The first-order valence-corrected chi connectivity index (χ1v) is 19.6. The largest absolute Gasteiger partial charge is 0.481 e. The van der Waals surface area contributed by atoms with Gasteiger partial charge in [-0.2, -0.15) is 0 Å². The Morgan fingerprint density at radius 2 is 1.28 bits per heavy atom. The van der Waals surface area contributed by atoms with Gasteiger partial charge in [-0.05, 0) is 69.2 Å². The Hall–Kier alpha value is -4.23. The van der Waals surface area contributed by atoms with Crippen molar-refractivity contribution in [2.45, 2.75) is 71.4 Å². The van der Waals surface area contributed by atoms with Gasteiger partial charge in [0.25, 0.3) is 11.8 Å². The minimum atomic E-state index is -0.626. The van der Waals surface area contributed by atoms with Crippen LogP contribution in [0.5, 0.6) is 0 Å². The van der Waals surface area contributed by atoms with Crippen LogP contribution < -0.4 is 10.6 Å². The summed E-state index contributed by atoms with van der Waals surface area (Å²) in [5, 5.41) is 16.4. The molecular weight excluding hydrogens is 727 g/mol. The summed E-state index contributed by atoms with van der Waals surface area (Å²) in [7, 11) is 3.74. The van der Waals surface area contributed by atoms with Crippen LogP contribution in [-0.4, -0.2) is 78.0 Å². The molecule has 2 bridgehead atoms. The molecule has 14 heteroatoms. The van der Waals surface area contributed by atoms with Crippen molar-refractivity contribution in [2.75, 3.05) is 36.8 Å². The summed E-state index contributed by atoms with van der Waals surface area (Å²) < 4.78 is 3.74. The highest BCUT2D eigenvalue weighted by Crippen LogP contribution is 2.63. The van der Waals surface area contributed by atoms with E-state index in [1.54, 1.807) is 24.3 Å². The summed E-state index contributed by atoms with van der Waals surface area (Å²) in [6, 6.07) is 10.7. The van der Waals surface area contributed by atoms with Crippen LogP contribution in [0, 0.1) is 10.8 Å². The maximum Gasteiger partial charge on any atom is 0.309 e. The zero-order valence-corrected chi connectivity index (χ0v) is 32.5. The third-order valence-corrected chi connectivity index (χ3v) is 13.5. The molecule has 284 valence electrons. The van der Waals surface area contributed by atoms with Crippen molar-refractivity contribution in [3.8, 4) is 11.1 Å². The van der Waals surface area contributed by atoms with Gasteiger partial charge in [-0.1, -0.05) is 54.4 Å². The second-order valence-corrected chi connectivity index (χ2v) is 16.4. The van der Waals surface area contributed by atoms with Gasteiger partial charge >= 0.3 is 5.97 Å². The van der Waals surface area contributed by atoms with Crippen molar-refractivity contribution in [1.82, 2.24) is 28.9 Å². The lowest BCUT2D eigenvalue weighted by atomic mass is 9.80. The van der Waals surface area contributed by atoms with Gasteiger partial charge in [0.1, 0.15) is 0 Å². The van der Waals surface area contributed by atoms with Crippen molar-refractivity contribution in [2.24, 2.45) is 24.9 Å².